The van der Waals surface area contributed by atoms with Crippen LogP contribution in [0.25, 0.3) is 11.3 Å². The molecule has 0 atom stereocenters. The van der Waals surface area contributed by atoms with Crippen LogP contribution in [0.1, 0.15) is 17.1 Å². The van der Waals surface area contributed by atoms with E-state index in [2.05, 4.69) is 60.0 Å². The highest BCUT2D eigenvalue weighted by atomic mass is 15.1. The maximum atomic E-state index is 4.60. The Morgan fingerprint density at radius 3 is 2.41 bits per heavy atom. The van der Waals surface area contributed by atoms with Gasteiger partial charge in [-0.2, -0.15) is 0 Å². The van der Waals surface area contributed by atoms with E-state index in [-0.39, 0.29) is 0 Å². The van der Waals surface area contributed by atoms with Gasteiger partial charge in [-0.3, -0.25) is 0 Å². The molecule has 3 heteroatoms. The van der Waals surface area contributed by atoms with Crippen LogP contribution in [0.5, 0.6) is 0 Å². The molecule has 0 aliphatic heterocycles. The van der Waals surface area contributed by atoms with Gasteiger partial charge in [-0.1, -0.05) is 29.8 Å². The van der Waals surface area contributed by atoms with Crippen molar-refractivity contribution in [2.75, 3.05) is 7.05 Å². The van der Waals surface area contributed by atoms with Gasteiger partial charge in [0.25, 0.3) is 0 Å². The van der Waals surface area contributed by atoms with Gasteiger partial charge in [0, 0.05) is 12.6 Å². The predicted molar refractivity (Wildman–Crippen MR) is 70.9 cm³/mol. The van der Waals surface area contributed by atoms with Crippen LogP contribution in [0.4, 0.5) is 0 Å². The molecule has 0 saturated heterocycles. The van der Waals surface area contributed by atoms with Crippen molar-refractivity contribution >= 4 is 0 Å². The molecule has 0 bridgehead atoms. The Labute approximate surface area is 103 Å². The maximum absolute atomic E-state index is 4.60. The van der Waals surface area contributed by atoms with E-state index in [0.29, 0.717) is 0 Å². The number of aryl methyl sites for hydroxylation is 2. The number of nitrogens with zero attached hydrogens (tertiary/aromatic N) is 2. The summed E-state index contributed by atoms with van der Waals surface area (Å²) in [5.41, 5.74) is 4.80. The van der Waals surface area contributed by atoms with Crippen molar-refractivity contribution in [3.8, 4) is 11.3 Å². The largest absolute Gasteiger partial charge is 0.330 e. The van der Waals surface area contributed by atoms with Crippen LogP contribution in [-0.2, 0) is 13.6 Å². The third-order valence-electron chi connectivity index (χ3n) is 3.02. The van der Waals surface area contributed by atoms with Gasteiger partial charge in [0.15, 0.2) is 0 Å². The van der Waals surface area contributed by atoms with Gasteiger partial charge < -0.3 is 9.88 Å². The Bertz CT molecular complexity index is 509. The highest BCUT2D eigenvalue weighted by Crippen LogP contribution is 2.24. The van der Waals surface area contributed by atoms with Crippen molar-refractivity contribution in [2.45, 2.75) is 20.4 Å². The van der Waals surface area contributed by atoms with Crippen molar-refractivity contribution in [2.24, 2.45) is 7.05 Å². The predicted octanol–water partition coefficient (Wildman–Crippen LogP) is 2.42. The quantitative estimate of drug-likeness (QED) is 0.876. The van der Waals surface area contributed by atoms with Crippen molar-refractivity contribution in [3.63, 3.8) is 0 Å². The van der Waals surface area contributed by atoms with Gasteiger partial charge in [-0.25, -0.2) is 4.98 Å². The smallest absolute Gasteiger partial charge is 0.123 e. The molecular formula is C14H19N3. The fraction of sp³-hybridized carbons (Fsp3) is 0.357. The number of hydrogen-bond acceptors (Lipinski definition) is 2. The first-order valence-electron chi connectivity index (χ1n) is 5.87. The minimum Gasteiger partial charge on any atom is -0.330 e. The van der Waals surface area contributed by atoms with Gasteiger partial charge >= 0.3 is 0 Å². The molecule has 0 radical (unpaired) electrons. The van der Waals surface area contributed by atoms with Gasteiger partial charge in [-0.05, 0) is 20.9 Å². The van der Waals surface area contributed by atoms with E-state index in [1.165, 1.54) is 16.8 Å². The monoisotopic (exact) mass is 229 g/mol. The average Bonchev–Trinajstić information content (AvgIpc) is 2.57. The molecule has 0 saturated carbocycles. The van der Waals surface area contributed by atoms with Crippen LogP contribution in [0.2, 0.25) is 0 Å². The summed E-state index contributed by atoms with van der Waals surface area (Å²) in [6, 6.07) is 8.59. The molecule has 2 aromatic rings. The molecule has 1 heterocycles. The molecule has 0 fully saturated rings. The van der Waals surface area contributed by atoms with E-state index in [0.717, 1.165) is 18.1 Å². The highest BCUT2D eigenvalue weighted by Gasteiger charge is 2.12. The Morgan fingerprint density at radius 1 is 1.18 bits per heavy atom. The van der Waals surface area contributed by atoms with E-state index in [1.54, 1.807) is 0 Å². The van der Waals surface area contributed by atoms with E-state index in [9.17, 15) is 0 Å². The molecule has 1 aromatic heterocycles. The molecule has 90 valence electrons. The SMILES string of the molecule is CNCc1nc(C)c(-c2ccc(C)cc2)n1C. The van der Waals surface area contributed by atoms with E-state index in [4.69, 9.17) is 0 Å². The standard InChI is InChI=1S/C14H19N3/c1-10-5-7-12(8-6-10)14-11(2)16-13(9-15-3)17(14)4/h5-8,15H,9H2,1-4H3. The summed E-state index contributed by atoms with van der Waals surface area (Å²) in [7, 11) is 4.01. The third-order valence-corrected chi connectivity index (χ3v) is 3.02. The first kappa shape index (κ1) is 11.9. The van der Waals surface area contributed by atoms with Crippen LogP contribution >= 0.6 is 0 Å². The van der Waals surface area contributed by atoms with Crippen molar-refractivity contribution in [3.05, 3.63) is 41.3 Å². The van der Waals surface area contributed by atoms with Crippen LogP contribution in [0, 0.1) is 13.8 Å². The lowest BCUT2D eigenvalue weighted by Gasteiger charge is -2.07. The normalized spacial score (nSPS) is 10.8. The molecule has 1 N–H and O–H groups in total. The second-order valence-electron chi connectivity index (χ2n) is 4.42. The van der Waals surface area contributed by atoms with E-state index >= 15 is 0 Å². The van der Waals surface area contributed by atoms with Crippen LogP contribution in [0.15, 0.2) is 24.3 Å². The lowest BCUT2D eigenvalue weighted by molar-refractivity contribution is 0.712. The summed E-state index contributed by atoms with van der Waals surface area (Å²) in [6.45, 7) is 4.96. The lowest BCUT2D eigenvalue weighted by Crippen LogP contribution is -2.10. The molecule has 1 aromatic carbocycles. The number of rotatable bonds is 3. The van der Waals surface area contributed by atoms with Gasteiger partial charge in [0.05, 0.1) is 17.9 Å². The average molecular weight is 229 g/mol. The zero-order valence-corrected chi connectivity index (χ0v) is 10.9. The minimum atomic E-state index is 0.795. The fourth-order valence-corrected chi connectivity index (χ4v) is 2.12. The van der Waals surface area contributed by atoms with Gasteiger partial charge in [-0.15, -0.1) is 0 Å². The summed E-state index contributed by atoms with van der Waals surface area (Å²) >= 11 is 0. The zero-order chi connectivity index (χ0) is 12.4. The number of benzene rings is 1. The summed E-state index contributed by atoms with van der Waals surface area (Å²) < 4.78 is 2.16. The van der Waals surface area contributed by atoms with Crippen molar-refractivity contribution < 1.29 is 0 Å². The minimum absolute atomic E-state index is 0.795. The van der Waals surface area contributed by atoms with Crippen LogP contribution < -0.4 is 5.32 Å². The Balaban J connectivity index is 2.48. The molecule has 3 nitrogen and oxygen atoms in total. The molecule has 0 aliphatic carbocycles. The number of hydrogen-bond donors (Lipinski definition) is 1. The topological polar surface area (TPSA) is 29.9 Å². The fourth-order valence-electron chi connectivity index (χ4n) is 2.12. The van der Waals surface area contributed by atoms with Crippen LogP contribution in [-0.4, -0.2) is 16.6 Å². The van der Waals surface area contributed by atoms with Gasteiger partial charge in [0.2, 0.25) is 0 Å². The summed E-state index contributed by atoms with van der Waals surface area (Å²) in [4.78, 5) is 4.60. The first-order valence-corrected chi connectivity index (χ1v) is 5.87. The summed E-state index contributed by atoms with van der Waals surface area (Å²) in [5.74, 6) is 1.07. The molecule has 0 amide bonds. The first-order chi connectivity index (χ1) is 8.13. The zero-order valence-electron chi connectivity index (χ0n) is 10.9. The van der Waals surface area contributed by atoms with Gasteiger partial charge in [0.1, 0.15) is 5.82 Å². The summed E-state index contributed by atoms with van der Waals surface area (Å²) in [6.07, 6.45) is 0. The molecule has 0 unspecified atom stereocenters. The van der Waals surface area contributed by atoms with E-state index in [1.807, 2.05) is 7.05 Å². The molecule has 2 rings (SSSR count). The Hall–Kier alpha value is -1.61. The van der Waals surface area contributed by atoms with Crippen LogP contribution in [0.3, 0.4) is 0 Å². The molecule has 0 spiro atoms. The number of imidazole rings is 1. The molecular weight excluding hydrogens is 210 g/mol. The van der Waals surface area contributed by atoms with Crippen molar-refractivity contribution in [1.82, 2.24) is 14.9 Å². The van der Waals surface area contributed by atoms with E-state index < -0.39 is 0 Å². The van der Waals surface area contributed by atoms with Crippen molar-refractivity contribution in [1.29, 1.82) is 0 Å². The molecule has 17 heavy (non-hydrogen) atoms. The Kier molecular flexibility index (Phi) is 3.29. The number of aromatic nitrogens is 2. The lowest BCUT2D eigenvalue weighted by atomic mass is 10.1. The third kappa shape index (κ3) is 2.24. The maximum Gasteiger partial charge on any atom is 0.123 e. The second-order valence-corrected chi connectivity index (χ2v) is 4.42. The second kappa shape index (κ2) is 4.72. The molecule has 0 aliphatic rings. The summed E-state index contributed by atoms with van der Waals surface area (Å²) in [5, 5.41) is 3.14. The number of nitrogens with one attached hydrogen (secondary N) is 1. The highest BCUT2D eigenvalue weighted by molar-refractivity contribution is 5.63. The Morgan fingerprint density at radius 2 is 1.82 bits per heavy atom.